The topological polar surface area (TPSA) is 93.1 Å². The van der Waals surface area contributed by atoms with Gasteiger partial charge in [0.05, 0.1) is 0 Å². The fraction of sp³-hybridized carbons (Fsp3) is 0.889. The third kappa shape index (κ3) is 17.2. The molecule has 0 aromatic heterocycles. The highest BCUT2D eigenvalue weighted by molar-refractivity contribution is 5.68. The van der Waals surface area contributed by atoms with Crippen LogP contribution >= 0.6 is 0 Å². The molecule has 6 nitrogen and oxygen atoms in total. The third-order valence-electron chi connectivity index (χ3n) is 4.22. The van der Waals surface area contributed by atoms with Crippen molar-refractivity contribution in [1.82, 2.24) is 0 Å². The fourth-order valence-corrected chi connectivity index (χ4v) is 2.75. The predicted molar refractivity (Wildman–Crippen MR) is 91.3 cm³/mol. The van der Waals surface area contributed by atoms with Gasteiger partial charge in [-0.05, 0) is 12.8 Å². The second-order valence-electron chi connectivity index (χ2n) is 6.38. The van der Waals surface area contributed by atoms with E-state index >= 15 is 0 Å². The lowest BCUT2D eigenvalue weighted by molar-refractivity contribution is -0.234. The Morgan fingerprint density at radius 1 is 0.458 bits per heavy atom. The Labute approximate surface area is 145 Å². The molecule has 0 fully saturated rings. The van der Waals surface area contributed by atoms with Crippen molar-refractivity contribution >= 4 is 11.9 Å². The molecule has 2 N–H and O–H groups in total. The molecule has 6 heteroatoms. The van der Waals surface area contributed by atoms with Gasteiger partial charge in [0.2, 0.25) is 0 Å². The van der Waals surface area contributed by atoms with Gasteiger partial charge in [-0.2, -0.15) is 10.5 Å². The van der Waals surface area contributed by atoms with Gasteiger partial charge in [-0.25, -0.2) is 9.59 Å². The van der Waals surface area contributed by atoms with Gasteiger partial charge in [-0.15, -0.1) is 0 Å². The summed E-state index contributed by atoms with van der Waals surface area (Å²) in [6.07, 6.45) is 16.6. The molecular weight excluding hydrogens is 312 g/mol. The largest absolute Gasteiger partial charge is 0.342 e. The molecule has 0 saturated carbocycles. The van der Waals surface area contributed by atoms with Crippen molar-refractivity contribution < 1.29 is 29.9 Å². The molecule has 0 radical (unpaired) electrons. The molecule has 0 aliphatic heterocycles. The molecule has 0 aliphatic rings. The molecule has 0 heterocycles. The minimum absolute atomic E-state index is 0.308. The van der Waals surface area contributed by atoms with Crippen LogP contribution in [-0.4, -0.2) is 22.5 Å². The second kappa shape index (κ2) is 18.2. The van der Waals surface area contributed by atoms with Gasteiger partial charge in [0, 0.05) is 12.8 Å². The van der Waals surface area contributed by atoms with E-state index in [0.717, 1.165) is 38.5 Å². The smallest absolute Gasteiger partial charge is 0.301 e. The minimum atomic E-state index is -0.539. The van der Waals surface area contributed by atoms with Crippen molar-refractivity contribution in [3.63, 3.8) is 0 Å². The number of hydrogen-bond acceptors (Lipinski definition) is 6. The van der Waals surface area contributed by atoms with E-state index in [-0.39, 0.29) is 0 Å². The molecule has 0 amide bonds. The summed E-state index contributed by atoms with van der Waals surface area (Å²) in [5.74, 6) is -1.08. The highest BCUT2D eigenvalue weighted by atomic mass is 17.1. The summed E-state index contributed by atoms with van der Waals surface area (Å²) in [6.45, 7) is 0. The Kier molecular flexibility index (Phi) is 17.3. The summed E-state index contributed by atoms with van der Waals surface area (Å²) in [7, 11) is 0. The third-order valence-corrected chi connectivity index (χ3v) is 4.22. The van der Waals surface area contributed by atoms with Crippen LogP contribution < -0.4 is 0 Å². The first kappa shape index (κ1) is 22.9. The quantitative estimate of drug-likeness (QED) is 0.212. The molecule has 0 saturated heterocycles. The average molecular weight is 346 g/mol. The van der Waals surface area contributed by atoms with E-state index in [1.165, 1.54) is 51.4 Å². The summed E-state index contributed by atoms with van der Waals surface area (Å²) in [5, 5.41) is 16.2. The Balaban J connectivity index is 3.05. The molecule has 0 aliphatic carbocycles. The van der Waals surface area contributed by atoms with Crippen molar-refractivity contribution in [3.05, 3.63) is 0 Å². The number of rotatable bonds is 17. The Hall–Kier alpha value is -1.14. The number of carbonyl (C=O) groups is 2. The summed E-state index contributed by atoms with van der Waals surface area (Å²) >= 11 is 0. The lowest BCUT2D eigenvalue weighted by Gasteiger charge is -2.03. The summed E-state index contributed by atoms with van der Waals surface area (Å²) in [4.78, 5) is 28.6. The van der Waals surface area contributed by atoms with E-state index in [1.54, 1.807) is 0 Å². The molecule has 142 valence electrons. The Bertz CT molecular complexity index is 276. The van der Waals surface area contributed by atoms with Crippen LogP contribution in [0.4, 0.5) is 0 Å². The van der Waals surface area contributed by atoms with E-state index in [1.807, 2.05) is 0 Å². The van der Waals surface area contributed by atoms with Gasteiger partial charge in [-0.3, -0.25) is 0 Å². The van der Waals surface area contributed by atoms with Crippen LogP contribution in [0.25, 0.3) is 0 Å². The maximum absolute atomic E-state index is 10.7. The summed E-state index contributed by atoms with van der Waals surface area (Å²) in [6, 6.07) is 0. The summed E-state index contributed by atoms with van der Waals surface area (Å²) in [5.41, 5.74) is 0. The van der Waals surface area contributed by atoms with Crippen LogP contribution in [0, 0.1) is 0 Å². The van der Waals surface area contributed by atoms with E-state index in [0.29, 0.717) is 12.8 Å². The van der Waals surface area contributed by atoms with Crippen molar-refractivity contribution in [2.24, 2.45) is 0 Å². The Morgan fingerprint density at radius 2 is 0.667 bits per heavy atom. The van der Waals surface area contributed by atoms with Gasteiger partial charge in [0.15, 0.2) is 0 Å². The standard InChI is InChI=1S/C18H34O6/c19-17(23-21)15-13-11-9-7-5-3-1-2-4-6-8-10-12-14-16-18(20)24-22/h21-22H,1-16H2. The van der Waals surface area contributed by atoms with Crippen LogP contribution in [0.15, 0.2) is 0 Å². The van der Waals surface area contributed by atoms with Crippen LogP contribution in [0.2, 0.25) is 0 Å². The fourth-order valence-electron chi connectivity index (χ4n) is 2.75. The zero-order valence-corrected chi connectivity index (χ0v) is 14.8. The monoisotopic (exact) mass is 346 g/mol. The van der Waals surface area contributed by atoms with Crippen LogP contribution in [0.5, 0.6) is 0 Å². The second-order valence-corrected chi connectivity index (χ2v) is 6.38. The number of carbonyl (C=O) groups excluding carboxylic acids is 2. The van der Waals surface area contributed by atoms with Gasteiger partial charge in [0.25, 0.3) is 0 Å². The zero-order chi connectivity index (χ0) is 17.9. The molecule has 0 bridgehead atoms. The maximum Gasteiger partial charge on any atom is 0.342 e. The van der Waals surface area contributed by atoms with Crippen molar-refractivity contribution in [2.45, 2.75) is 103 Å². The van der Waals surface area contributed by atoms with Crippen molar-refractivity contribution in [1.29, 1.82) is 0 Å². The molecule has 0 aromatic rings. The molecule has 0 spiro atoms. The normalized spacial score (nSPS) is 10.6. The highest BCUT2D eigenvalue weighted by Gasteiger charge is 2.01. The van der Waals surface area contributed by atoms with E-state index in [4.69, 9.17) is 10.5 Å². The van der Waals surface area contributed by atoms with Crippen molar-refractivity contribution in [2.75, 3.05) is 0 Å². The lowest BCUT2D eigenvalue weighted by Crippen LogP contribution is -1.99. The molecule has 0 aromatic carbocycles. The lowest BCUT2D eigenvalue weighted by atomic mass is 10.0. The zero-order valence-electron chi connectivity index (χ0n) is 14.8. The van der Waals surface area contributed by atoms with Gasteiger partial charge < -0.3 is 9.78 Å². The maximum atomic E-state index is 10.7. The SMILES string of the molecule is O=C(CCCCCCCCCCCCCCCCC(=O)OO)OO. The first-order chi connectivity index (χ1) is 11.7. The van der Waals surface area contributed by atoms with Gasteiger partial charge in [0.1, 0.15) is 0 Å². The summed E-state index contributed by atoms with van der Waals surface area (Å²) < 4.78 is 0. The first-order valence-electron chi connectivity index (χ1n) is 9.39. The van der Waals surface area contributed by atoms with Crippen LogP contribution in [0.1, 0.15) is 103 Å². The van der Waals surface area contributed by atoms with Gasteiger partial charge in [-0.1, -0.05) is 77.0 Å². The van der Waals surface area contributed by atoms with Crippen LogP contribution in [-0.2, 0) is 19.4 Å². The van der Waals surface area contributed by atoms with Gasteiger partial charge >= 0.3 is 11.9 Å². The molecule has 0 atom stereocenters. The first-order valence-corrected chi connectivity index (χ1v) is 9.39. The van der Waals surface area contributed by atoms with E-state index in [2.05, 4.69) is 9.78 Å². The van der Waals surface area contributed by atoms with E-state index < -0.39 is 11.9 Å². The molecule has 24 heavy (non-hydrogen) atoms. The van der Waals surface area contributed by atoms with E-state index in [9.17, 15) is 9.59 Å². The average Bonchev–Trinajstić information content (AvgIpc) is 2.60. The molecular formula is C18H34O6. The number of hydrogen-bond donors (Lipinski definition) is 2. The minimum Gasteiger partial charge on any atom is -0.301 e. The molecule has 0 rings (SSSR count). The molecule has 0 unspecified atom stereocenters. The van der Waals surface area contributed by atoms with Crippen molar-refractivity contribution in [3.8, 4) is 0 Å². The predicted octanol–water partition coefficient (Wildman–Crippen LogP) is 5.26. The van der Waals surface area contributed by atoms with Crippen LogP contribution in [0.3, 0.4) is 0 Å². The number of unbranched alkanes of at least 4 members (excludes halogenated alkanes) is 13. The highest BCUT2D eigenvalue weighted by Crippen LogP contribution is 2.13. The Morgan fingerprint density at radius 3 is 0.875 bits per heavy atom.